The zero-order chi connectivity index (χ0) is 11.3. The molecule has 15 heavy (non-hydrogen) atoms. The van der Waals surface area contributed by atoms with Gasteiger partial charge in [0.15, 0.2) is 0 Å². The van der Waals surface area contributed by atoms with Crippen LogP contribution in [0, 0.1) is 12.3 Å². The fourth-order valence-corrected chi connectivity index (χ4v) is 1.18. The Morgan fingerprint density at radius 2 is 2.40 bits per heavy atom. The van der Waals surface area contributed by atoms with Crippen molar-refractivity contribution in [3.63, 3.8) is 0 Å². The lowest BCUT2D eigenvalue weighted by Gasteiger charge is -2.04. The molecule has 0 fully saturated rings. The Kier molecular flexibility index (Phi) is 3.95. The van der Waals surface area contributed by atoms with Crippen LogP contribution in [0.4, 0.5) is 5.82 Å². The van der Waals surface area contributed by atoms with Crippen LogP contribution in [0.25, 0.3) is 0 Å². The SMILES string of the molecule is C#CCCNc1cc(C(=O)O)cc(Cl)n1. The maximum Gasteiger partial charge on any atom is 0.335 e. The van der Waals surface area contributed by atoms with Crippen molar-refractivity contribution in [3.05, 3.63) is 22.8 Å². The number of anilines is 1. The first-order valence-corrected chi connectivity index (χ1v) is 4.59. The Morgan fingerprint density at radius 1 is 1.67 bits per heavy atom. The molecule has 0 radical (unpaired) electrons. The van der Waals surface area contributed by atoms with E-state index in [0.717, 1.165) is 0 Å². The minimum absolute atomic E-state index is 0.0956. The topological polar surface area (TPSA) is 62.2 Å². The second-order valence-electron chi connectivity index (χ2n) is 2.75. The van der Waals surface area contributed by atoms with Gasteiger partial charge in [0, 0.05) is 13.0 Å². The predicted molar refractivity (Wildman–Crippen MR) is 58.1 cm³/mol. The Hall–Kier alpha value is -1.73. The van der Waals surface area contributed by atoms with Gasteiger partial charge in [-0.3, -0.25) is 0 Å². The zero-order valence-electron chi connectivity index (χ0n) is 7.83. The van der Waals surface area contributed by atoms with Crippen LogP contribution in [-0.2, 0) is 0 Å². The van der Waals surface area contributed by atoms with Gasteiger partial charge in [-0.25, -0.2) is 9.78 Å². The Bertz CT molecular complexity index is 412. The fourth-order valence-electron chi connectivity index (χ4n) is 0.974. The van der Waals surface area contributed by atoms with E-state index in [-0.39, 0.29) is 10.7 Å². The molecular formula is C10H9ClN2O2. The molecular weight excluding hydrogens is 216 g/mol. The Labute approximate surface area is 92.3 Å². The number of carboxylic acids is 1. The first-order valence-electron chi connectivity index (χ1n) is 4.21. The normalized spacial score (nSPS) is 9.33. The van der Waals surface area contributed by atoms with Crippen molar-refractivity contribution in [1.29, 1.82) is 0 Å². The summed E-state index contributed by atoms with van der Waals surface area (Å²) in [5.74, 6) is 1.82. The highest BCUT2D eigenvalue weighted by atomic mass is 35.5. The van der Waals surface area contributed by atoms with E-state index in [1.165, 1.54) is 12.1 Å². The largest absolute Gasteiger partial charge is 0.478 e. The summed E-state index contributed by atoms with van der Waals surface area (Å²) in [6.45, 7) is 0.531. The predicted octanol–water partition coefficient (Wildman–Crippen LogP) is 1.87. The van der Waals surface area contributed by atoms with Gasteiger partial charge in [-0.1, -0.05) is 11.6 Å². The van der Waals surface area contributed by atoms with Crippen LogP contribution in [0.5, 0.6) is 0 Å². The van der Waals surface area contributed by atoms with Crippen LogP contribution in [0.15, 0.2) is 12.1 Å². The van der Waals surface area contributed by atoms with Crippen LogP contribution in [-0.4, -0.2) is 22.6 Å². The molecule has 0 amide bonds. The van der Waals surface area contributed by atoms with Gasteiger partial charge in [0.2, 0.25) is 0 Å². The van der Waals surface area contributed by atoms with Crippen molar-refractivity contribution in [2.45, 2.75) is 6.42 Å². The molecule has 0 spiro atoms. The molecule has 78 valence electrons. The molecule has 0 atom stereocenters. The summed E-state index contributed by atoms with van der Waals surface area (Å²) in [6.07, 6.45) is 5.61. The number of carbonyl (C=O) groups is 1. The molecule has 0 aromatic carbocycles. The van der Waals surface area contributed by atoms with Gasteiger partial charge in [-0.05, 0) is 12.1 Å². The second-order valence-corrected chi connectivity index (χ2v) is 3.14. The van der Waals surface area contributed by atoms with E-state index < -0.39 is 5.97 Å². The molecule has 0 aliphatic carbocycles. The number of hydrogen-bond acceptors (Lipinski definition) is 3. The number of hydrogen-bond donors (Lipinski definition) is 2. The van der Waals surface area contributed by atoms with Crippen LogP contribution < -0.4 is 5.32 Å². The third-order valence-corrected chi connectivity index (χ3v) is 1.81. The number of aromatic nitrogens is 1. The zero-order valence-corrected chi connectivity index (χ0v) is 8.58. The molecule has 1 rings (SSSR count). The summed E-state index contributed by atoms with van der Waals surface area (Å²) in [4.78, 5) is 14.6. The lowest BCUT2D eigenvalue weighted by Crippen LogP contribution is -2.05. The highest BCUT2D eigenvalue weighted by Crippen LogP contribution is 2.14. The number of terminal acetylenes is 1. The highest BCUT2D eigenvalue weighted by Gasteiger charge is 2.06. The summed E-state index contributed by atoms with van der Waals surface area (Å²) in [5.41, 5.74) is 0.0956. The van der Waals surface area contributed by atoms with Crippen LogP contribution in [0.2, 0.25) is 5.15 Å². The van der Waals surface area contributed by atoms with Gasteiger partial charge < -0.3 is 10.4 Å². The second kappa shape index (κ2) is 5.23. The number of halogens is 1. The minimum Gasteiger partial charge on any atom is -0.478 e. The summed E-state index contributed by atoms with van der Waals surface area (Å²) in [7, 11) is 0. The Balaban J connectivity index is 2.80. The van der Waals surface area contributed by atoms with Gasteiger partial charge in [-0.15, -0.1) is 12.3 Å². The fraction of sp³-hybridized carbons (Fsp3) is 0.200. The summed E-state index contributed by atoms with van der Waals surface area (Å²) < 4.78 is 0. The van der Waals surface area contributed by atoms with Crippen LogP contribution in [0.3, 0.4) is 0 Å². The molecule has 0 saturated carbocycles. The van der Waals surface area contributed by atoms with E-state index in [0.29, 0.717) is 18.8 Å². The van der Waals surface area contributed by atoms with Crippen molar-refractivity contribution in [3.8, 4) is 12.3 Å². The third kappa shape index (κ3) is 3.49. The maximum absolute atomic E-state index is 10.7. The number of pyridine rings is 1. The van der Waals surface area contributed by atoms with Crippen LogP contribution in [0.1, 0.15) is 16.8 Å². The highest BCUT2D eigenvalue weighted by molar-refractivity contribution is 6.29. The molecule has 0 aliphatic heterocycles. The van der Waals surface area contributed by atoms with E-state index in [9.17, 15) is 4.79 Å². The van der Waals surface area contributed by atoms with E-state index >= 15 is 0 Å². The molecule has 1 aromatic heterocycles. The average Bonchev–Trinajstić information content (AvgIpc) is 2.17. The molecule has 0 saturated heterocycles. The first kappa shape index (κ1) is 11.3. The molecule has 4 nitrogen and oxygen atoms in total. The number of nitrogens with zero attached hydrogens (tertiary/aromatic N) is 1. The van der Waals surface area contributed by atoms with E-state index in [1.54, 1.807) is 0 Å². The monoisotopic (exact) mass is 224 g/mol. The minimum atomic E-state index is -1.04. The quantitative estimate of drug-likeness (QED) is 0.466. The lowest BCUT2D eigenvalue weighted by atomic mass is 10.2. The summed E-state index contributed by atoms with van der Waals surface area (Å²) >= 11 is 5.65. The molecule has 0 bridgehead atoms. The summed E-state index contributed by atoms with van der Waals surface area (Å²) in [5, 5.41) is 11.8. The molecule has 2 N–H and O–H groups in total. The maximum atomic E-state index is 10.7. The van der Waals surface area contributed by atoms with Crippen molar-refractivity contribution in [2.24, 2.45) is 0 Å². The van der Waals surface area contributed by atoms with E-state index in [2.05, 4.69) is 16.2 Å². The van der Waals surface area contributed by atoms with Crippen molar-refractivity contribution < 1.29 is 9.90 Å². The molecule has 1 aromatic rings. The first-order chi connectivity index (χ1) is 7.13. The van der Waals surface area contributed by atoms with E-state index in [1.807, 2.05) is 0 Å². The van der Waals surface area contributed by atoms with Gasteiger partial charge in [0.05, 0.1) is 5.56 Å². The number of carboxylic acid groups (broad SMARTS) is 1. The van der Waals surface area contributed by atoms with Crippen molar-refractivity contribution in [1.82, 2.24) is 4.98 Å². The molecule has 1 heterocycles. The summed E-state index contributed by atoms with van der Waals surface area (Å²) in [6, 6.07) is 2.70. The molecule has 0 unspecified atom stereocenters. The van der Waals surface area contributed by atoms with Gasteiger partial charge in [-0.2, -0.15) is 0 Å². The number of rotatable bonds is 4. The van der Waals surface area contributed by atoms with E-state index in [4.69, 9.17) is 23.1 Å². The molecule has 0 aliphatic rings. The number of nitrogens with one attached hydrogen (secondary N) is 1. The van der Waals surface area contributed by atoms with Gasteiger partial charge >= 0.3 is 5.97 Å². The average molecular weight is 225 g/mol. The number of aromatic carboxylic acids is 1. The van der Waals surface area contributed by atoms with Crippen LogP contribution >= 0.6 is 11.6 Å². The molecule has 5 heteroatoms. The smallest absolute Gasteiger partial charge is 0.335 e. The standard InChI is InChI=1S/C10H9ClN2O2/c1-2-3-4-12-9-6-7(10(14)15)5-8(11)13-9/h1,5-6H,3-4H2,(H,12,13)(H,14,15). The van der Waals surface area contributed by atoms with Crippen molar-refractivity contribution >= 4 is 23.4 Å². The van der Waals surface area contributed by atoms with Gasteiger partial charge in [0.1, 0.15) is 11.0 Å². The lowest BCUT2D eigenvalue weighted by molar-refractivity contribution is 0.0697. The third-order valence-electron chi connectivity index (χ3n) is 1.62. The Morgan fingerprint density at radius 3 is 3.00 bits per heavy atom. The van der Waals surface area contributed by atoms with Gasteiger partial charge in [0.25, 0.3) is 0 Å². The van der Waals surface area contributed by atoms with Crippen molar-refractivity contribution in [2.75, 3.05) is 11.9 Å².